The zero-order valence-corrected chi connectivity index (χ0v) is 12.6. The highest BCUT2D eigenvalue weighted by Crippen LogP contribution is 2.13. The number of hydrogen-bond acceptors (Lipinski definition) is 4. The standard InChI is InChI=1S/C15H21NO3S/c1-2-19-9-5-7-15(18)16-11-14-10-13(12-20-14)6-3-4-8-17/h10,12,17H,2,4-5,7-9,11H2,1H3,(H,16,18). The van der Waals surface area contributed by atoms with E-state index < -0.39 is 0 Å². The third-order valence-corrected chi connectivity index (χ3v) is 3.42. The quantitative estimate of drug-likeness (QED) is 0.569. The van der Waals surface area contributed by atoms with Crippen molar-refractivity contribution in [2.24, 2.45) is 0 Å². The van der Waals surface area contributed by atoms with Crippen molar-refractivity contribution in [3.8, 4) is 11.8 Å². The number of carbonyl (C=O) groups excluding carboxylic acids is 1. The SMILES string of the molecule is CCOCCCC(=O)NCc1cc(C#CCCO)cs1. The Balaban J connectivity index is 2.25. The Morgan fingerprint density at radius 2 is 2.40 bits per heavy atom. The summed E-state index contributed by atoms with van der Waals surface area (Å²) in [5, 5.41) is 13.5. The van der Waals surface area contributed by atoms with Gasteiger partial charge in [-0.1, -0.05) is 11.8 Å². The first-order valence-electron chi connectivity index (χ1n) is 6.77. The van der Waals surface area contributed by atoms with Gasteiger partial charge >= 0.3 is 0 Å². The topological polar surface area (TPSA) is 58.6 Å². The lowest BCUT2D eigenvalue weighted by molar-refractivity contribution is -0.121. The van der Waals surface area contributed by atoms with Gasteiger partial charge in [-0.25, -0.2) is 0 Å². The summed E-state index contributed by atoms with van der Waals surface area (Å²) in [6, 6.07) is 1.97. The third-order valence-electron chi connectivity index (χ3n) is 2.48. The smallest absolute Gasteiger partial charge is 0.220 e. The molecule has 110 valence electrons. The fraction of sp³-hybridized carbons (Fsp3) is 0.533. The van der Waals surface area contributed by atoms with Gasteiger partial charge in [0.05, 0.1) is 13.2 Å². The van der Waals surface area contributed by atoms with Crippen LogP contribution in [0, 0.1) is 11.8 Å². The number of aliphatic hydroxyl groups excluding tert-OH is 1. The van der Waals surface area contributed by atoms with Crippen molar-refractivity contribution in [1.82, 2.24) is 5.32 Å². The van der Waals surface area contributed by atoms with Gasteiger partial charge in [-0.2, -0.15) is 0 Å². The molecule has 0 atom stereocenters. The van der Waals surface area contributed by atoms with Gasteiger partial charge in [-0.3, -0.25) is 4.79 Å². The zero-order valence-electron chi connectivity index (χ0n) is 11.8. The van der Waals surface area contributed by atoms with Gasteiger partial charge in [-0.05, 0) is 19.4 Å². The molecule has 0 aliphatic heterocycles. The van der Waals surface area contributed by atoms with Crippen LogP contribution in [0.3, 0.4) is 0 Å². The normalized spacial score (nSPS) is 9.90. The summed E-state index contributed by atoms with van der Waals surface area (Å²) in [6.07, 6.45) is 1.73. The van der Waals surface area contributed by atoms with Gasteiger partial charge in [0.2, 0.25) is 5.91 Å². The van der Waals surface area contributed by atoms with Crippen LogP contribution in [0.2, 0.25) is 0 Å². The number of carbonyl (C=O) groups is 1. The maximum atomic E-state index is 11.6. The summed E-state index contributed by atoms with van der Waals surface area (Å²) in [7, 11) is 0. The molecule has 0 aliphatic carbocycles. The summed E-state index contributed by atoms with van der Waals surface area (Å²) in [5.74, 6) is 5.90. The highest BCUT2D eigenvalue weighted by Gasteiger charge is 2.03. The molecule has 20 heavy (non-hydrogen) atoms. The van der Waals surface area contributed by atoms with E-state index in [1.165, 1.54) is 0 Å². The van der Waals surface area contributed by atoms with E-state index in [1.807, 2.05) is 18.4 Å². The van der Waals surface area contributed by atoms with E-state index in [1.54, 1.807) is 11.3 Å². The number of thiophene rings is 1. The maximum Gasteiger partial charge on any atom is 0.220 e. The van der Waals surface area contributed by atoms with Crippen LogP contribution in [0.1, 0.15) is 36.6 Å². The molecule has 0 fully saturated rings. The molecule has 1 aromatic heterocycles. The first-order chi connectivity index (χ1) is 9.76. The second-order valence-electron chi connectivity index (χ2n) is 4.15. The average Bonchev–Trinajstić information content (AvgIpc) is 2.90. The van der Waals surface area contributed by atoms with Crippen LogP contribution < -0.4 is 5.32 Å². The Morgan fingerprint density at radius 1 is 1.55 bits per heavy atom. The van der Waals surface area contributed by atoms with Gasteiger partial charge in [0, 0.05) is 41.9 Å². The van der Waals surface area contributed by atoms with Crippen molar-refractivity contribution in [1.29, 1.82) is 0 Å². The minimum absolute atomic E-state index is 0.0472. The highest BCUT2D eigenvalue weighted by atomic mass is 32.1. The Labute approximate surface area is 124 Å². The van der Waals surface area contributed by atoms with Crippen molar-refractivity contribution in [2.75, 3.05) is 19.8 Å². The second-order valence-corrected chi connectivity index (χ2v) is 5.15. The van der Waals surface area contributed by atoms with Crippen molar-refractivity contribution >= 4 is 17.2 Å². The molecule has 0 bridgehead atoms. The van der Waals surface area contributed by atoms with Crippen molar-refractivity contribution < 1.29 is 14.6 Å². The first-order valence-corrected chi connectivity index (χ1v) is 7.65. The molecule has 0 unspecified atom stereocenters. The van der Waals surface area contributed by atoms with E-state index in [0.717, 1.165) is 16.9 Å². The Kier molecular flexibility index (Phi) is 8.72. The first kappa shape index (κ1) is 16.7. The number of rotatable bonds is 8. The zero-order chi connectivity index (χ0) is 14.6. The molecule has 1 amide bonds. The second kappa shape index (κ2) is 10.4. The summed E-state index contributed by atoms with van der Waals surface area (Å²) >= 11 is 1.58. The fourth-order valence-electron chi connectivity index (χ4n) is 1.51. The van der Waals surface area contributed by atoms with Crippen LogP contribution in [-0.2, 0) is 16.1 Å². The largest absolute Gasteiger partial charge is 0.395 e. The maximum absolute atomic E-state index is 11.6. The van der Waals surface area contributed by atoms with Crippen LogP contribution in [-0.4, -0.2) is 30.8 Å². The van der Waals surface area contributed by atoms with Gasteiger partial charge in [0.1, 0.15) is 0 Å². The van der Waals surface area contributed by atoms with Crippen molar-refractivity contribution in [3.05, 3.63) is 21.9 Å². The van der Waals surface area contributed by atoms with E-state index in [2.05, 4.69) is 17.2 Å². The van der Waals surface area contributed by atoms with Gasteiger partial charge < -0.3 is 15.2 Å². The summed E-state index contributed by atoms with van der Waals surface area (Å²) in [6.45, 7) is 3.89. The Bertz CT molecular complexity index is 459. The molecule has 1 aromatic rings. The summed E-state index contributed by atoms with van der Waals surface area (Å²) in [5.41, 5.74) is 0.934. The monoisotopic (exact) mass is 295 g/mol. The van der Waals surface area contributed by atoms with Gasteiger partial charge in [0.15, 0.2) is 0 Å². The van der Waals surface area contributed by atoms with E-state index in [4.69, 9.17) is 9.84 Å². The molecule has 4 nitrogen and oxygen atoms in total. The number of nitrogens with one attached hydrogen (secondary N) is 1. The van der Waals surface area contributed by atoms with E-state index in [-0.39, 0.29) is 12.5 Å². The predicted octanol–water partition coefficient (Wildman–Crippen LogP) is 1.91. The predicted molar refractivity (Wildman–Crippen MR) is 80.5 cm³/mol. The lowest BCUT2D eigenvalue weighted by Gasteiger charge is -2.03. The minimum atomic E-state index is 0.0472. The molecule has 5 heteroatoms. The van der Waals surface area contributed by atoms with Gasteiger partial charge in [0.25, 0.3) is 0 Å². The third kappa shape index (κ3) is 7.29. The summed E-state index contributed by atoms with van der Waals surface area (Å²) in [4.78, 5) is 12.7. The number of hydrogen-bond donors (Lipinski definition) is 2. The van der Waals surface area contributed by atoms with Crippen molar-refractivity contribution in [3.63, 3.8) is 0 Å². The minimum Gasteiger partial charge on any atom is -0.395 e. The molecular weight excluding hydrogens is 274 g/mol. The molecule has 0 saturated carbocycles. The lowest BCUT2D eigenvalue weighted by Crippen LogP contribution is -2.22. The van der Waals surface area contributed by atoms with E-state index >= 15 is 0 Å². The molecule has 0 radical (unpaired) electrons. The summed E-state index contributed by atoms with van der Waals surface area (Å²) < 4.78 is 5.19. The molecule has 0 aliphatic rings. The van der Waals surface area contributed by atoms with Crippen LogP contribution in [0.25, 0.3) is 0 Å². The van der Waals surface area contributed by atoms with E-state index in [9.17, 15) is 4.79 Å². The number of amides is 1. The molecule has 2 N–H and O–H groups in total. The van der Waals surface area contributed by atoms with Crippen molar-refractivity contribution in [2.45, 2.75) is 32.7 Å². The Morgan fingerprint density at radius 3 is 3.15 bits per heavy atom. The van der Waals surface area contributed by atoms with Gasteiger partial charge in [-0.15, -0.1) is 11.3 Å². The molecule has 0 aromatic carbocycles. The molecular formula is C15H21NO3S. The number of ether oxygens (including phenoxy) is 1. The number of aliphatic hydroxyl groups is 1. The van der Waals surface area contributed by atoms with Crippen LogP contribution in [0.5, 0.6) is 0 Å². The molecule has 1 heterocycles. The Hall–Kier alpha value is -1.35. The molecule has 0 spiro atoms. The van der Waals surface area contributed by atoms with Crippen LogP contribution in [0.15, 0.2) is 11.4 Å². The molecule has 1 rings (SSSR count). The van der Waals surface area contributed by atoms with Crippen LogP contribution in [0.4, 0.5) is 0 Å². The lowest BCUT2D eigenvalue weighted by atomic mass is 10.3. The highest BCUT2D eigenvalue weighted by molar-refractivity contribution is 7.10. The average molecular weight is 295 g/mol. The van der Waals surface area contributed by atoms with Crippen LogP contribution >= 0.6 is 11.3 Å². The van der Waals surface area contributed by atoms with E-state index in [0.29, 0.717) is 32.6 Å². The fourth-order valence-corrected chi connectivity index (χ4v) is 2.27. The molecule has 0 saturated heterocycles.